The Morgan fingerprint density at radius 3 is 2.68 bits per heavy atom. The van der Waals surface area contributed by atoms with E-state index in [1.54, 1.807) is 10.7 Å². The van der Waals surface area contributed by atoms with Crippen LogP contribution < -0.4 is 10.1 Å². The third-order valence-electron chi connectivity index (χ3n) is 2.65. The van der Waals surface area contributed by atoms with Crippen molar-refractivity contribution >= 4 is 5.82 Å². The van der Waals surface area contributed by atoms with Gasteiger partial charge in [0.05, 0.1) is 5.69 Å². The van der Waals surface area contributed by atoms with Crippen molar-refractivity contribution in [2.45, 2.75) is 26.7 Å². The second kappa shape index (κ2) is 5.69. The molecule has 6 nitrogen and oxygen atoms in total. The Morgan fingerprint density at radius 2 is 2.11 bits per heavy atom. The molecule has 0 radical (unpaired) electrons. The van der Waals surface area contributed by atoms with E-state index in [1.165, 1.54) is 0 Å². The van der Waals surface area contributed by atoms with Gasteiger partial charge in [0.2, 0.25) is 11.8 Å². The molecule has 0 unspecified atom stereocenters. The molecule has 2 rings (SSSR count). The molecule has 2 heterocycles. The van der Waals surface area contributed by atoms with E-state index >= 15 is 0 Å². The summed E-state index contributed by atoms with van der Waals surface area (Å²) >= 11 is 0. The average molecular weight is 261 g/mol. The van der Waals surface area contributed by atoms with Crippen LogP contribution in [0.25, 0.3) is 0 Å². The Bertz CT molecular complexity index is 564. The summed E-state index contributed by atoms with van der Waals surface area (Å²) in [5, 5.41) is 7.26. The zero-order valence-corrected chi connectivity index (χ0v) is 11.8. The molecule has 102 valence electrons. The standard InChI is InChI=1S/C13H19N5O/c1-5-6-10-15-11(14-3)8-12(16-10)19-13-7-9(2)17-18(13)4/h7-8H,5-6H2,1-4H3,(H,14,15,16). The maximum Gasteiger partial charge on any atom is 0.226 e. The highest BCUT2D eigenvalue weighted by Crippen LogP contribution is 2.22. The number of aryl methyl sites for hydroxylation is 3. The van der Waals surface area contributed by atoms with Crippen molar-refractivity contribution in [2.75, 3.05) is 12.4 Å². The van der Waals surface area contributed by atoms with E-state index < -0.39 is 0 Å². The van der Waals surface area contributed by atoms with Gasteiger partial charge < -0.3 is 10.1 Å². The molecule has 0 aliphatic rings. The topological polar surface area (TPSA) is 64.9 Å². The Labute approximate surface area is 112 Å². The molecule has 0 atom stereocenters. The number of ether oxygens (including phenoxy) is 1. The molecule has 0 aliphatic carbocycles. The highest BCUT2D eigenvalue weighted by molar-refractivity contribution is 5.38. The van der Waals surface area contributed by atoms with Crippen LogP contribution in [0.3, 0.4) is 0 Å². The van der Waals surface area contributed by atoms with E-state index in [0.29, 0.717) is 11.8 Å². The molecule has 1 N–H and O–H groups in total. The lowest BCUT2D eigenvalue weighted by Crippen LogP contribution is -2.03. The molecule has 0 saturated heterocycles. The van der Waals surface area contributed by atoms with Gasteiger partial charge in [0.25, 0.3) is 0 Å². The molecule has 0 amide bonds. The van der Waals surface area contributed by atoms with Crippen LogP contribution in [0.5, 0.6) is 11.8 Å². The fraction of sp³-hybridized carbons (Fsp3) is 0.462. The number of hydrogen-bond acceptors (Lipinski definition) is 5. The predicted molar refractivity (Wildman–Crippen MR) is 73.6 cm³/mol. The maximum atomic E-state index is 5.77. The SMILES string of the molecule is CCCc1nc(NC)cc(Oc2cc(C)nn2C)n1. The van der Waals surface area contributed by atoms with Gasteiger partial charge in [0, 0.05) is 32.6 Å². The van der Waals surface area contributed by atoms with Gasteiger partial charge in [-0.1, -0.05) is 6.92 Å². The summed E-state index contributed by atoms with van der Waals surface area (Å²) in [4.78, 5) is 8.79. The molecular weight excluding hydrogens is 242 g/mol. The number of anilines is 1. The second-order valence-corrected chi connectivity index (χ2v) is 4.36. The van der Waals surface area contributed by atoms with Gasteiger partial charge in [-0.2, -0.15) is 10.1 Å². The molecular formula is C13H19N5O. The third kappa shape index (κ3) is 3.21. The van der Waals surface area contributed by atoms with Crippen LogP contribution in [0.2, 0.25) is 0 Å². The molecule has 2 aromatic heterocycles. The number of nitrogens with one attached hydrogen (secondary N) is 1. The Hall–Kier alpha value is -2.11. The quantitative estimate of drug-likeness (QED) is 0.894. The van der Waals surface area contributed by atoms with Crippen molar-refractivity contribution in [3.8, 4) is 11.8 Å². The predicted octanol–water partition coefficient (Wildman–Crippen LogP) is 2.31. The average Bonchev–Trinajstić information content (AvgIpc) is 2.68. The van der Waals surface area contributed by atoms with Crippen LogP contribution in [0, 0.1) is 6.92 Å². The van der Waals surface area contributed by atoms with Crippen LogP contribution in [0.4, 0.5) is 5.82 Å². The molecule has 0 saturated carbocycles. The zero-order chi connectivity index (χ0) is 13.8. The number of hydrogen-bond donors (Lipinski definition) is 1. The minimum absolute atomic E-state index is 0.533. The fourth-order valence-electron chi connectivity index (χ4n) is 1.78. The smallest absolute Gasteiger partial charge is 0.226 e. The monoisotopic (exact) mass is 261 g/mol. The Morgan fingerprint density at radius 1 is 1.32 bits per heavy atom. The molecule has 2 aromatic rings. The van der Waals surface area contributed by atoms with Gasteiger partial charge in [0.15, 0.2) is 0 Å². The second-order valence-electron chi connectivity index (χ2n) is 4.36. The van der Waals surface area contributed by atoms with Crippen LogP contribution >= 0.6 is 0 Å². The first kappa shape index (κ1) is 13.3. The van der Waals surface area contributed by atoms with E-state index in [1.807, 2.05) is 27.1 Å². The van der Waals surface area contributed by atoms with Gasteiger partial charge in [-0.25, -0.2) is 9.67 Å². The van der Waals surface area contributed by atoms with E-state index in [2.05, 4.69) is 27.3 Å². The van der Waals surface area contributed by atoms with Crippen molar-refractivity contribution in [1.29, 1.82) is 0 Å². The maximum absolute atomic E-state index is 5.77. The molecule has 0 bridgehead atoms. The summed E-state index contributed by atoms with van der Waals surface area (Å²) in [6, 6.07) is 3.65. The lowest BCUT2D eigenvalue weighted by atomic mass is 10.3. The van der Waals surface area contributed by atoms with Crippen LogP contribution in [-0.2, 0) is 13.5 Å². The first-order valence-corrected chi connectivity index (χ1v) is 6.36. The van der Waals surface area contributed by atoms with Crippen LogP contribution in [0.15, 0.2) is 12.1 Å². The van der Waals surface area contributed by atoms with E-state index in [0.717, 1.165) is 30.2 Å². The van der Waals surface area contributed by atoms with Gasteiger partial charge in [-0.05, 0) is 13.3 Å². The summed E-state index contributed by atoms with van der Waals surface area (Å²) in [6.07, 6.45) is 1.83. The van der Waals surface area contributed by atoms with Crippen molar-refractivity contribution in [3.05, 3.63) is 23.7 Å². The number of aromatic nitrogens is 4. The summed E-state index contributed by atoms with van der Waals surface area (Å²) in [5.41, 5.74) is 0.911. The number of nitrogens with zero attached hydrogens (tertiary/aromatic N) is 4. The Balaban J connectivity index is 2.28. The van der Waals surface area contributed by atoms with E-state index in [4.69, 9.17) is 4.74 Å². The third-order valence-corrected chi connectivity index (χ3v) is 2.65. The van der Waals surface area contributed by atoms with E-state index in [-0.39, 0.29) is 0 Å². The molecule has 0 fully saturated rings. The lowest BCUT2D eigenvalue weighted by Gasteiger charge is -2.08. The summed E-state index contributed by atoms with van der Waals surface area (Å²) in [7, 11) is 3.67. The first-order valence-electron chi connectivity index (χ1n) is 6.36. The highest BCUT2D eigenvalue weighted by atomic mass is 16.5. The molecule has 0 aliphatic heterocycles. The summed E-state index contributed by atoms with van der Waals surface area (Å²) in [5.74, 6) is 2.74. The molecule has 19 heavy (non-hydrogen) atoms. The van der Waals surface area contributed by atoms with Gasteiger partial charge in [-0.3, -0.25) is 0 Å². The fourth-order valence-corrected chi connectivity index (χ4v) is 1.78. The van der Waals surface area contributed by atoms with Crippen molar-refractivity contribution in [2.24, 2.45) is 7.05 Å². The normalized spacial score (nSPS) is 10.5. The molecule has 6 heteroatoms. The molecule has 0 aromatic carbocycles. The molecule has 0 spiro atoms. The van der Waals surface area contributed by atoms with Crippen LogP contribution in [0.1, 0.15) is 24.9 Å². The van der Waals surface area contributed by atoms with Gasteiger partial charge in [0.1, 0.15) is 11.6 Å². The van der Waals surface area contributed by atoms with Crippen molar-refractivity contribution in [1.82, 2.24) is 19.7 Å². The number of rotatable bonds is 5. The first-order chi connectivity index (χ1) is 9.12. The van der Waals surface area contributed by atoms with Crippen LogP contribution in [-0.4, -0.2) is 26.8 Å². The van der Waals surface area contributed by atoms with Crippen molar-refractivity contribution < 1.29 is 4.74 Å². The lowest BCUT2D eigenvalue weighted by molar-refractivity contribution is 0.412. The highest BCUT2D eigenvalue weighted by Gasteiger charge is 2.09. The minimum atomic E-state index is 0.533. The van der Waals surface area contributed by atoms with Gasteiger partial charge >= 0.3 is 0 Å². The largest absolute Gasteiger partial charge is 0.421 e. The summed E-state index contributed by atoms with van der Waals surface area (Å²) in [6.45, 7) is 4.02. The minimum Gasteiger partial charge on any atom is -0.421 e. The van der Waals surface area contributed by atoms with Gasteiger partial charge in [-0.15, -0.1) is 0 Å². The Kier molecular flexibility index (Phi) is 3.99. The zero-order valence-electron chi connectivity index (χ0n) is 11.8. The van der Waals surface area contributed by atoms with E-state index in [9.17, 15) is 0 Å². The van der Waals surface area contributed by atoms with Crippen molar-refractivity contribution in [3.63, 3.8) is 0 Å². The summed E-state index contributed by atoms with van der Waals surface area (Å²) < 4.78 is 7.46.